The van der Waals surface area contributed by atoms with Crippen LogP contribution in [0, 0.1) is 0 Å². The highest BCUT2D eigenvalue weighted by Gasteiger charge is 2.03. The van der Waals surface area contributed by atoms with Crippen molar-refractivity contribution in [3.05, 3.63) is 65.2 Å². The lowest BCUT2D eigenvalue weighted by molar-refractivity contribution is -0.114. The first-order valence-corrected chi connectivity index (χ1v) is 8.66. The Labute approximate surface area is 176 Å². The summed E-state index contributed by atoms with van der Waals surface area (Å²) >= 11 is 5.99. The molecule has 0 aliphatic heterocycles. The maximum atomic E-state index is 12.0. The molecule has 0 saturated carbocycles. The molecule has 0 unspecified atom stereocenters. The summed E-state index contributed by atoms with van der Waals surface area (Å²) in [5.74, 6) is 0.464. The lowest BCUT2D eigenvalue weighted by Crippen LogP contribution is -2.39. The summed E-state index contributed by atoms with van der Waals surface area (Å²) < 4.78 is 0. The SMILES string of the molecule is CCNC(=NCC(=O)Nc1ccccc1)NCCc1cccc(Cl)c1.I. The zero-order valence-electron chi connectivity index (χ0n) is 14.7. The van der Waals surface area contributed by atoms with Crippen molar-refractivity contribution in [3.8, 4) is 0 Å². The number of rotatable bonds is 7. The third kappa shape index (κ3) is 8.53. The lowest BCUT2D eigenvalue weighted by Gasteiger charge is -2.11. The van der Waals surface area contributed by atoms with Crippen molar-refractivity contribution in [2.45, 2.75) is 13.3 Å². The molecule has 0 saturated heterocycles. The molecular formula is C19H24ClIN4O. The van der Waals surface area contributed by atoms with Crippen LogP contribution >= 0.6 is 35.6 Å². The van der Waals surface area contributed by atoms with Gasteiger partial charge in [-0.2, -0.15) is 0 Å². The molecule has 26 heavy (non-hydrogen) atoms. The molecular weight excluding hydrogens is 463 g/mol. The number of hydrogen-bond donors (Lipinski definition) is 3. The smallest absolute Gasteiger partial charge is 0.246 e. The third-order valence-corrected chi connectivity index (χ3v) is 3.61. The normalized spacial score (nSPS) is 10.6. The quantitative estimate of drug-likeness (QED) is 0.318. The van der Waals surface area contributed by atoms with Crippen molar-refractivity contribution < 1.29 is 4.79 Å². The van der Waals surface area contributed by atoms with Crippen LogP contribution < -0.4 is 16.0 Å². The second kappa shape index (κ2) is 12.5. The molecule has 2 rings (SSSR count). The van der Waals surface area contributed by atoms with E-state index in [4.69, 9.17) is 11.6 Å². The summed E-state index contributed by atoms with van der Waals surface area (Å²) in [5.41, 5.74) is 1.92. The average molecular weight is 487 g/mol. The Hall–Kier alpha value is -1.80. The van der Waals surface area contributed by atoms with E-state index in [9.17, 15) is 4.79 Å². The molecule has 0 atom stereocenters. The van der Waals surface area contributed by atoms with Crippen molar-refractivity contribution in [1.82, 2.24) is 10.6 Å². The Morgan fingerprint density at radius 2 is 1.85 bits per heavy atom. The van der Waals surface area contributed by atoms with Gasteiger partial charge in [0.05, 0.1) is 0 Å². The number of anilines is 1. The van der Waals surface area contributed by atoms with Crippen LogP contribution in [0.4, 0.5) is 5.69 Å². The monoisotopic (exact) mass is 486 g/mol. The third-order valence-electron chi connectivity index (χ3n) is 3.38. The van der Waals surface area contributed by atoms with E-state index in [0.717, 1.165) is 29.2 Å². The number of carbonyl (C=O) groups is 1. The molecule has 0 fully saturated rings. The number of nitrogens with zero attached hydrogens (tertiary/aromatic N) is 1. The van der Waals surface area contributed by atoms with Crippen LogP contribution in [0.15, 0.2) is 59.6 Å². The fraction of sp³-hybridized carbons (Fsp3) is 0.263. The Morgan fingerprint density at radius 3 is 2.54 bits per heavy atom. The zero-order valence-corrected chi connectivity index (χ0v) is 17.8. The minimum absolute atomic E-state index is 0. The standard InChI is InChI=1S/C19H23ClN4O.HI/c1-2-21-19(22-12-11-15-7-6-8-16(20)13-15)23-14-18(25)24-17-9-4-3-5-10-17;/h3-10,13H,2,11-12,14H2,1H3,(H,24,25)(H2,21,22,23);1H. The summed E-state index contributed by atoms with van der Waals surface area (Å²) in [7, 11) is 0. The molecule has 7 heteroatoms. The van der Waals surface area contributed by atoms with Gasteiger partial charge >= 0.3 is 0 Å². The maximum absolute atomic E-state index is 12.0. The summed E-state index contributed by atoms with van der Waals surface area (Å²) in [6, 6.07) is 17.1. The van der Waals surface area contributed by atoms with Gasteiger partial charge in [-0.1, -0.05) is 41.9 Å². The molecule has 3 N–H and O–H groups in total. The lowest BCUT2D eigenvalue weighted by atomic mass is 10.1. The highest BCUT2D eigenvalue weighted by molar-refractivity contribution is 14.0. The largest absolute Gasteiger partial charge is 0.357 e. The van der Waals surface area contributed by atoms with Gasteiger partial charge in [0.2, 0.25) is 5.91 Å². The molecule has 0 radical (unpaired) electrons. The van der Waals surface area contributed by atoms with Crippen molar-refractivity contribution in [1.29, 1.82) is 0 Å². The molecule has 0 spiro atoms. The first kappa shape index (κ1) is 22.2. The highest BCUT2D eigenvalue weighted by Crippen LogP contribution is 2.10. The second-order valence-corrected chi connectivity index (χ2v) is 5.85. The van der Waals surface area contributed by atoms with Gasteiger partial charge in [0.1, 0.15) is 6.54 Å². The van der Waals surface area contributed by atoms with Crippen LogP contribution in [0.1, 0.15) is 12.5 Å². The minimum atomic E-state index is -0.154. The fourth-order valence-electron chi connectivity index (χ4n) is 2.23. The first-order valence-electron chi connectivity index (χ1n) is 8.29. The van der Waals surface area contributed by atoms with Crippen molar-refractivity contribution >= 4 is 53.1 Å². The molecule has 0 aromatic heterocycles. The van der Waals surface area contributed by atoms with Gasteiger partial charge in [-0.3, -0.25) is 4.79 Å². The molecule has 0 bridgehead atoms. The van der Waals surface area contributed by atoms with E-state index in [1.807, 2.05) is 61.5 Å². The van der Waals surface area contributed by atoms with Crippen molar-refractivity contribution in [2.24, 2.45) is 4.99 Å². The van der Waals surface area contributed by atoms with E-state index in [1.54, 1.807) is 0 Å². The average Bonchev–Trinajstić information content (AvgIpc) is 2.60. The molecule has 0 heterocycles. The number of nitrogens with one attached hydrogen (secondary N) is 3. The van der Waals surface area contributed by atoms with Crippen LogP contribution in [-0.2, 0) is 11.2 Å². The van der Waals surface area contributed by atoms with Gasteiger partial charge in [0, 0.05) is 23.8 Å². The number of hydrogen-bond acceptors (Lipinski definition) is 2. The van der Waals surface area contributed by atoms with Crippen molar-refractivity contribution in [3.63, 3.8) is 0 Å². The van der Waals surface area contributed by atoms with E-state index in [0.29, 0.717) is 12.5 Å². The van der Waals surface area contributed by atoms with E-state index in [2.05, 4.69) is 20.9 Å². The number of para-hydroxylation sites is 1. The Bertz CT molecular complexity index is 710. The topological polar surface area (TPSA) is 65.5 Å². The number of benzene rings is 2. The Kier molecular flexibility index (Phi) is 10.7. The molecule has 5 nitrogen and oxygen atoms in total. The van der Waals surface area contributed by atoms with Gasteiger partial charge in [0.15, 0.2) is 5.96 Å². The summed E-state index contributed by atoms with van der Waals surface area (Å²) in [4.78, 5) is 16.3. The van der Waals surface area contributed by atoms with Crippen molar-refractivity contribution in [2.75, 3.05) is 25.0 Å². The summed E-state index contributed by atoms with van der Waals surface area (Å²) in [6.07, 6.45) is 0.821. The van der Waals surface area contributed by atoms with E-state index in [1.165, 1.54) is 0 Å². The van der Waals surface area contributed by atoms with E-state index < -0.39 is 0 Å². The van der Waals surface area contributed by atoms with Gasteiger partial charge < -0.3 is 16.0 Å². The minimum Gasteiger partial charge on any atom is -0.357 e. The summed E-state index contributed by atoms with van der Waals surface area (Å²) in [5, 5.41) is 9.90. The first-order chi connectivity index (χ1) is 12.2. The molecule has 0 aliphatic rings. The molecule has 2 aromatic carbocycles. The van der Waals surface area contributed by atoms with Crippen LogP contribution in [0.2, 0.25) is 5.02 Å². The van der Waals surface area contributed by atoms with E-state index in [-0.39, 0.29) is 36.4 Å². The number of aliphatic imine (C=N–C) groups is 1. The van der Waals surface area contributed by atoms with E-state index >= 15 is 0 Å². The van der Waals surface area contributed by atoms with Crippen LogP contribution in [0.5, 0.6) is 0 Å². The maximum Gasteiger partial charge on any atom is 0.246 e. The predicted octanol–water partition coefficient (Wildman–Crippen LogP) is 3.69. The van der Waals surface area contributed by atoms with Crippen LogP contribution in [-0.4, -0.2) is 31.5 Å². The highest BCUT2D eigenvalue weighted by atomic mass is 127. The fourth-order valence-corrected chi connectivity index (χ4v) is 2.45. The number of carbonyl (C=O) groups excluding carboxylic acids is 1. The molecule has 2 aromatic rings. The number of halogens is 2. The second-order valence-electron chi connectivity index (χ2n) is 5.42. The molecule has 1 amide bonds. The van der Waals surface area contributed by atoms with Crippen LogP contribution in [0.3, 0.4) is 0 Å². The van der Waals surface area contributed by atoms with Gasteiger partial charge in [-0.15, -0.1) is 24.0 Å². The summed E-state index contributed by atoms with van der Waals surface area (Å²) in [6.45, 7) is 3.47. The Balaban J connectivity index is 0.00000338. The predicted molar refractivity (Wildman–Crippen MR) is 120 cm³/mol. The molecule has 0 aliphatic carbocycles. The van der Waals surface area contributed by atoms with Gasteiger partial charge in [-0.05, 0) is 43.2 Å². The molecule has 140 valence electrons. The number of amides is 1. The zero-order chi connectivity index (χ0) is 17.9. The Morgan fingerprint density at radius 1 is 1.08 bits per heavy atom. The van der Waals surface area contributed by atoms with Crippen LogP contribution in [0.25, 0.3) is 0 Å². The van der Waals surface area contributed by atoms with Gasteiger partial charge in [-0.25, -0.2) is 4.99 Å². The number of guanidine groups is 1. The van der Waals surface area contributed by atoms with Gasteiger partial charge in [0.25, 0.3) is 0 Å².